The number of carbonyl (C=O) groups is 1. The van der Waals surface area contributed by atoms with E-state index in [1.807, 2.05) is 16.9 Å². The highest BCUT2D eigenvalue weighted by atomic mass is 16.1. The average molecular weight is 222 g/mol. The first-order valence-corrected chi connectivity index (χ1v) is 5.82. The number of hydrogen-bond acceptors (Lipinski definition) is 3. The summed E-state index contributed by atoms with van der Waals surface area (Å²) >= 11 is 0. The Bertz CT molecular complexity index is 317. The summed E-state index contributed by atoms with van der Waals surface area (Å²) in [7, 11) is 0. The lowest BCUT2D eigenvalue weighted by molar-refractivity contribution is -0.125. The van der Waals surface area contributed by atoms with Crippen LogP contribution in [0.1, 0.15) is 12.8 Å². The van der Waals surface area contributed by atoms with Crippen LogP contribution < -0.4 is 10.6 Å². The van der Waals surface area contributed by atoms with Gasteiger partial charge in [-0.2, -0.15) is 5.10 Å². The quantitative estimate of drug-likeness (QED) is 0.754. The Morgan fingerprint density at radius 3 is 3.25 bits per heavy atom. The van der Waals surface area contributed by atoms with Gasteiger partial charge in [-0.15, -0.1) is 0 Å². The molecule has 1 fully saturated rings. The van der Waals surface area contributed by atoms with Crippen molar-refractivity contribution in [2.24, 2.45) is 5.92 Å². The Morgan fingerprint density at radius 1 is 1.62 bits per heavy atom. The van der Waals surface area contributed by atoms with Crippen LogP contribution in [-0.4, -0.2) is 35.3 Å². The molecule has 0 radical (unpaired) electrons. The third kappa shape index (κ3) is 3.06. The molecular formula is C11H18N4O. The first-order valence-electron chi connectivity index (χ1n) is 5.82. The Labute approximate surface area is 95.2 Å². The fourth-order valence-corrected chi connectivity index (χ4v) is 1.95. The fraction of sp³-hybridized carbons (Fsp3) is 0.636. The van der Waals surface area contributed by atoms with Crippen LogP contribution >= 0.6 is 0 Å². The van der Waals surface area contributed by atoms with Gasteiger partial charge in [0.1, 0.15) is 0 Å². The van der Waals surface area contributed by atoms with E-state index in [1.54, 1.807) is 6.20 Å². The van der Waals surface area contributed by atoms with Crippen molar-refractivity contribution in [1.29, 1.82) is 0 Å². The number of aromatic nitrogens is 2. The van der Waals surface area contributed by atoms with E-state index < -0.39 is 0 Å². The van der Waals surface area contributed by atoms with Crippen molar-refractivity contribution in [3.8, 4) is 0 Å². The van der Waals surface area contributed by atoms with E-state index in [0.717, 1.165) is 32.5 Å². The minimum absolute atomic E-state index is 0.145. The van der Waals surface area contributed by atoms with Crippen molar-refractivity contribution in [2.45, 2.75) is 19.4 Å². The molecular weight excluding hydrogens is 204 g/mol. The Morgan fingerprint density at radius 2 is 2.56 bits per heavy atom. The van der Waals surface area contributed by atoms with E-state index in [4.69, 9.17) is 0 Å². The molecule has 0 spiro atoms. The molecule has 1 aliphatic rings. The molecule has 5 nitrogen and oxygen atoms in total. The van der Waals surface area contributed by atoms with E-state index in [2.05, 4.69) is 15.7 Å². The number of rotatable bonds is 4. The molecule has 88 valence electrons. The molecule has 1 amide bonds. The van der Waals surface area contributed by atoms with Gasteiger partial charge in [-0.1, -0.05) is 0 Å². The molecule has 1 saturated heterocycles. The van der Waals surface area contributed by atoms with Gasteiger partial charge < -0.3 is 10.6 Å². The lowest BCUT2D eigenvalue weighted by atomic mass is 9.99. The average Bonchev–Trinajstić information content (AvgIpc) is 2.83. The normalized spacial score (nSPS) is 20.6. The monoisotopic (exact) mass is 222 g/mol. The number of carbonyl (C=O) groups excluding carboxylic acids is 1. The van der Waals surface area contributed by atoms with E-state index in [-0.39, 0.29) is 11.8 Å². The molecule has 16 heavy (non-hydrogen) atoms. The van der Waals surface area contributed by atoms with E-state index in [9.17, 15) is 4.79 Å². The summed E-state index contributed by atoms with van der Waals surface area (Å²) in [4.78, 5) is 11.7. The van der Waals surface area contributed by atoms with Crippen molar-refractivity contribution < 1.29 is 4.79 Å². The molecule has 5 heteroatoms. The molecule has 1 aromatic heterocycles. The van der Waals surface area contributed by atoms with Gasteiger partial charge in [0.2, 0.25) is 5.91 Å². The van der Waals surface area contributed by atoms with Crippen LogP contribution in [0, 0.1) is 5.92 Å². The van der Waals surface area contributed by atoms with Gasteiger partial charge in [0.25, 0.3) is 0 Å². The molecule has 0 saturated carbocycles. The van der Waals surface area contributed by atoms with E-state index in [0.29, 0.717) is 6.54 Å². The smallest absolute Gasteiger partial charge is 0.224 e. The number of nitrogens with one attached hydrogen (secondary N) is 2. The minimum atomic E-state index is 0.145. The molecule has 2 rings (SSSR count). The zero-order valence-corrected chi connectivity index (χ0v) is 9.35. The summed E-state index contributed by atoms with van der Waals surface area (Å²) in [5.74, 6) is 0.311. The second-order valence-corrected chi connectivity index (χ2v) is 4.10. The third-order valence-electron chi connectivity index (χ3n) is 2.87. The molecule has 0 aliphatic carbocycles. The van der Waals surface area contributed by atoms with Crippen molar-refractivity contribution in [3.05, 3.63) is 18.5 Å². The molecule has 0 unspecified atom stereocenters. The summed E-state index contributed by atoms with van der Waals surface area (Å²) in [6.07, 6.45) is 5.74. The molecule has 1 aliphatic heterocycles. The fourth-order valence-electron chi connectivity index (χ4n) is 1.95. The second-order valence-electron chi connectivity index (χ2n) is 4.10. The standard InChI is InChI=1S/C11H18N4O/c16-11(10-3-1-4-12-9-10)13-6-8-15-7-2-5-14-15/h2,5,7,10,12H,1,3-4,6,8-9H2,(H,13,16)/t10-/m1/s1. The largest absolute Gasteiger partial charge is 0.354 e. The highest BCUT2D eigenvalue weighted by Crippen LogP contribution is 2.09. The zero-order valence-electron chi connectivity index (χ0n) is 9.35. The number of piperidine rings is 1. The van der Waals surface area contributed by atoms with Gasteiger partial charge in [0, 0.05) is 25.5 Å². The Kier molecular flexibility index (Phi) is 3.93. The summed E-state index contributed by atoms with van der Waals surface area (Å²) < 4.78 is 1.82. The van der Waals surface area contributed by atoms with Crippen LogP contribution in [-0.2, 0) is 11.3 Å². The maximum absolute atomic E-state index is 11.7. The maximum atomic E-state index is 11.7. The predicted molar refractivity (Wildman–Crippen MR) is 60.8 cm³/mol. The Hall–Kier alpha value is -1.36. The van der Waals surface area contributed by atoms with Crippen LogP contribution in [0.5, 0.6) is 0 Å². The molecule has 1 atom stereocenters. The van der Waals surface area contributed by atoms with Crippen molar-refractivity contribution in [2.75, 3.05) is 19.6 Å². The maximum Gasteiger partial charge on any atom is 0.224 e. The van der Waals surface area contributed by atoms with E-state index >= 15 is 0 Å². The van der Waals surface area contributed by atoms with Gasteiger partial charge in [-0.05, 0) is 25.5 Å². The third-order valence-corrected chi connectivity index (χ3v) is 2.87. The molecule has 0 bridgehead atoms. The predicted octanol–water partition coefficient (Wildman–Crippen LogP) is -0.00110. The van der Waals surface area contributed by atoms with Crippen molar-refractivity contribution in [1.82, 2.24) is 20.4 Å². The van der Waals surface area contributed by atoms with Gasteiger partial charge in [-0.3, -0.25) is 9.48 Å². The van der Waals surface area contributed by atoms with Gasteiger partial charge >= 0.3 is 0 Å². The van der Waals surface area contributed by atoms with Crippen LogP contribution in [0.15, 0.2) is 18.5 Å². The summed E-state index contributed by atoms with van der Waals surface area (Å²) in [5, 5.41) is 10.3. The number of hydrogen-bond donors (Lipinski definition) is 2. The van der Waals surface area contributed by atoms with Crippen LogP contribution in [0.2, 0.25) is 0 Å². The highest BCUT2D eigenvalue weighted by Gasteiger charge is 2.19. The second kappa shape index (κ2) is 5.65. The first-order chi connectivity index (χ1) is 7.86. The lowest BCUT2D eigenvalue weighted by Gasteiger charge is -2.21. The minimum Gasteiger partial charge on any atom is -0.354 e. The summed E-state index contributed by atoms with van der Waals surface area (Å²) in [6.45, 7) is 3.24. The zero-order chi connectivity index (χ0) is 11.2. The van der Waals surface area contributed by atoms with Gasteiger partial charge in [0.15, 0.2) is 0 Å². The van der Waals surface area contributed by atoms with Crippen LogP contribution in [0.4, 0.5) is 0 Å². The SMILES string of the molecule is O=C(NCCn1cccn1)[C@@H]1CCCNC1. The highest BCUT2D eigenvalue weighted by molar-refractivity contribution is 5.78. The number of amides is 1. The van der Waals surface area contributed by atoms with Crippen molar-refractivity contribution in [3.63, 3.8) is 0 Å². The van der Waals surface area contributed by atoms with Crippen LogP contribution in [0.3, 0.4) is 0 Å². The lowest BCUT2D eigenvalue weighted by Crippen LogP contribution is -2.41. The van der Waals surface area contributed by atoms with Crippen LogP contribution in [0.25, 0.3) is 0 Å². The summed E-state index contributed by atoms with van der Waals surface area (Å²) in [5.41, 5.74) is 0. The molecule has 1 aromatic rings. The molecule has 2 heterocycles. The Balaban J connectivity index is 1.67. The first kappa shape index (κ1) is 11.1. The molecule has 2 N–H and O–H groups in total. The topological polar surface area (TPSA) is 59.0 Å². The molecule has 0 aromatic carbocycles. The van der Waals surface area contributed by atoms with Gasteiger partial charge in [-0.25, -0.2) is 0 Å². The van der Waals surface area contributed by atoms with E-state index in [1.165, 1.54) is 0 Å². The van der Waals surface area contributed by atoms with Gasteiger partial charge in [0.05, 0.1) is 12.5 Å². The van der Waals surface area contributed by atoms with Crippen molar-refractivity contribution >= 4 is 5.91 Å². The number of nitrogens with zero attached hydrogens (tertiary/aromatic N) is 2. The summed E-state index contributed by atoms with van der Waals surface area (Å²) in [6, 6.07) is 1.88.